The Balaban J connectivity index is 1.72. The third-order valence-corrected chi connectivity index (χ3v) is 3.77. The van der Waals surface area contributed by atoms with Crippen LogP contribution in [0.15, 0.2) is 67.1 Å². The molecule has 0 spiro atoms. The van der Waals surface area contributed by atoms with E-state index in [4.69, 9.17) is 4.74 Å². The number of nitro groups is 1. The van der Waals surface area contributed by atoms with Crippen molar-refractivity contribution in [1.82, 2.24) is 9.97 Å². The fraction of sp³-hybridized carbons (Fsp3) is 0.105. The highest BCUT2D eigenvalue weighted by Gasteiger charge is 2.17. The molecule has 2 aromatic heterocycles. The van der Waals surface area contributed by atoms with Crippen LogP contribution in [0.3, 0.4) is 0 Å². The number of benzene rings is 1. The summed E-state index contributed by atoms with van der Waals surface area (Å²) >= 11 is 0. The highest BCUT2D eigenvalue weighted by molar-refractivity contribution is 6.05. The monoisotopic (exact) mass is 364 g/mol. The van der Waals surface area contributed by atoms with Gasteiger partial charge in [-0.05, 0) is 37.3 Å². The van der Waals surface area contributed by atoms with Crippen LogP contribution < -0.4 is 9.64 Å². The summed E-state index contributed by atoms with van der Waals surface area (Å²) in [7, 11) is 0. The lowest BCUT2D eigenvalue weighted by Crippen LogP contribution is -2.30. The summed E-state index contributed by atoms with van der Waals surface area (Å²) in [5, 5.41) is 10.7. The van der Waals surface area contributed by atoms with Gasteiger partial charge in [0.2, 0.25) is 5.88 Å². The molecule has 1 amide bonds. The Hall–Kier alpha value is -3.81. The summed E-state index contributed by atoms with van der Waals surface area (Å²) in [6.45, 7) is 2.37. The molecule has 0 fully saturated rings. The van der Waals surface area contributed by atoms with Gasteiger partial charge in [0.05, 0.1) is 22.4 Å². The molecule has 0 aliphatic carbocycles. The number of amides is 1. The van der Waals surface area contributed by atoms with E-state index < -0.39 is 4.92 Å². The zero-order chi connectivity index (χ0) is 19.2. The van der Waals surface area contributed by atoms with Gasteiger partial charge in [0, 0.05) is 37.1 Å². The van der Waals surface area contributed by atoms with Crippen LogP contribution >= 0.6 is 0 Å². The minimum absolute atomic E-state index is 0.0219. The molecule has 2 heterocycles. The van der Waals surface area contributed by atoms with Gasteiger partial charge in [0.15, 0.2) is 0 Å². The Labute approximate surface area is 155 Å². The highest BCUT2D eigenvalue weighted by atomic mass is 16.6. The second kappa shape index (κ2) is 8.05. The van der Waals surface area contributed by atoms with Crippen LogP contribution in [-0.2, 0) is 0 Å². The zero-order valence-electron chi connectivity index (χ0n) is 14.5. The highest BCUT2D eigenvalue weighted by Crippen LogP contribution is 2.23. The first-order valence-corrected chi connectivity index (χ1v) is 8.18. The van der Waals surface area contributed by atoms with Gasteiger partial charge in [-0.15, -0.1) is 0 Å². The van der Waals surface area contributed by atoms with Gasteiger partial charge >= 0.3 is 0 Å². The Bertz CT molecular complexity index is 928. The van der Waals surface area contributed by atoms with Crippen molar-refractivity contribution >= 4 is 17.3 Å². The normalized spacial score (nSPS) is 10.3. The van der Waals surface area contributed by atoms with Gasteiger partial charge in [-0.1, -0.05) is 0 Å². The maximum atomic E-state index is 12.7. The molecule has 27 heavy (non-hydrogen) atoms. The van der Waals surface area contributed by atoms with Crippen LogP contribution in [0.2, 0.25) is 0 Å². The van der Waals surface area contributed by atoms with E-state index in [0.29, 0.717) is 23.5 Å². The van der Waals surface area contributed by atoms with Crippen LogP contribution in [-0.4, -0.2) is 27.3 Å². The van der Waals surface area contributed by atoms with E-state index in [2.05, 4.69) is 9.97 Å². The van der Waals surface area contributed by atoms with Crippen molar-refractivity contribution in [2.45, 2.75) is 6.92 Å². The molecule has 0 radical (unpaired) electrons. The lowest BCUT2D eigenvalue weighted by atomic mass is 10.2. The SMILES string of the molecule is CCN(C(=O)c1ccc(Oc2ccc([N+](=O)[O-])cc2)nc1)c1cccnc1. The van der Waals surface area contributed by atoms with Gasteiger partial charge in [-0.2, -0.15) is 0 Å². The van der Waals surface area contributed by atoms with Gasteiger partial charge < -0.3 is 9.64 Å². The van der Waals surface area contributed by atoms with Gasteiger partial charge in [-0.3, -0.25) is 19.9 Å². The molecular formula is C19H16N4O4. The average molecular weight is 364 g/mol. The fourth-order valence-electron chi connectivity index (χ4n) is 2.44. The average Bonchev–Trinajstić information content (AvgIpc) is 2.70. The largest absolute Gasteiger partial charge is 0.439 e. The summed E-state index contributed by atoms with van der Waals surface area (Å²) in [5.74, 6) is 0.502. The Morgan fingerprint density at radius 1 is 1.15 bits per heavy atom. The molecule has 0 N–H and O–H groups in total. The van der Waals surface area contributed by atoms with Crippen molar-refractivity contribution < 1.29 is 14.5 Å². The second-order valence-electron chi connectivity index (χ2n) is 5.50. The number of hydrogen-bond donors (Lipinski definition) is 0. The van der Waals surface area contributed by atoms with Crippen molar-refractivity contribution in [2.24, 2.45) is 0 Å². The number of ether oxygens (including phenoxy) is 1. The summed E-state index contributed by atoms with van der Waals surface area (Å²) in [4.78, 5) is 32.7. The van der Waals surface area contributed by atoms with Crippen molar-refractivity contribution in [2.75, 3.05) is 11.4 Å². The predicted molar refractivity (Wildman–Crippen MR) is 99.0 cm³/mol. The minimum atomic E-state index is -0.482. The molecule has 0 saturated carbocycles. The zero-order valence-corrected chi connectivity index (χ0v) is 14.5. The predicted octanol–water partition coefficient (Wildman–Crippen LogP) is 3.84. The molecule has 8 nitrogen and oxygen atoms in total. The number of anilines is 1. The summed E-state index contributed by atoms with van der Waals surface area (Å²) in [5.41, 5.74) is 1.10. The third kappa shape index (κ3) is 4.24. The van der Waals surface area contributed by atoms with Crippen molar-refractivity contribution in [3.05, 3.63) is 82.8 Å². The van der Waals surface area contributed by atoms with Crippen molar-refractivity contribution in [1.29, 1.82) is 0 Å². The maximum absolute atomic E-state index is 12.7. The first-order chi connectivity index (χ1) is 13.1. The first-order valence-electron chi connectivity index (χ1n) is 8.18. The van der Waals surface area contributed by atoms with Gasteiger partial charge in [0.25, 0.3) is 11.6 Å². The van der Waals surface area contributed by atoms with Crippen LogP contribution in [0, 0.1) is 10.1 Å². The first kappa shape index (κ1) is 18.0. The van der Waals surface area contributed by atoms with Crippen LogP contribution in [0.1, 0.15) is 17.3 Å². The number of rotatable bonds is 6. The summed E-state index contributed by atoms with van der Waals surface area (Å²) in [6.07, 6.45) is 4.71. The van der Waals surface area contributed by atoms with Gasteiger partial charge in [0.1, 0.15) is 5.75 Å². The van der Waals surface area contributed by atoms with E-state index in [1.807, 2.05) is 13.0 Å². The number of hydrogen-bond acceptors (Lipinski definition) is 6. The topological polar surface area (TPSA) is 98.5 Å². The number of carbonyl (C=O) groups excluding carboxylic acids is 1. The van der Waals surface area contributed by atoms with E-state index in [-0.39, 0.29) is 17.5 Å². The van der Waals surface area contributed by atoms with Crippen LogP contribution in [0.25, 0.3) is 0 Å². The standard InChI is InChI=1S/C19H16N4O4/c1-2-22(16-4-3-11-20-13-16)19(24)14-5-10-18(21-12-14)27-17-8-6-15(7-9-17)23(25)26/h3-13H,2H2,1H3. The van der Waals surface area contributed by atoms with Crippen molar-refractivity contribution in [3.8, 4) is 11.6 Å². The molecule has 0 aliphatic heterocycles. The van der Waals surface area contributed by atoms with E-state index in [1.54, 1.807) is 35.5 Å². The fourth-order valence-corrected chi connectivity index (χ4v) is 2.44. The molecule has 3 rings (SSSR count). The number of nitrogens with zero attached hydrogens (tertiary/aromatic N) is 4. The maximum Gasteiger partial charge on any atom is 0.269 e. The molecule has 0 saturated heterocycles. The molecule has 0 aliphatic rings. The lowest BCUT2D eigenvalue weighted by molar-refractivity contribution is -0.384. The number of carbonyl (C=O) groups is 1. The Morgan fingerprint density at radius 3 is 2.48 bits per heavy atom. The number of pyridine rings is 2. The molecule has 1 aromatic carbocycles. The van der Waals surface area contributed by atoms with E-state index in [9.17, 15) is 14.9 Å². The lowest BCUT2D eigenvalue weighted by Gasteiger charge is -2.20. The summed E-state index contributed by atoms with van der Waals surface area (Å²) < 4.78 is 5.55. The van der Waals surface area contributed by atoms with E-state index in [0.717, 1.165) is 0 Å². The minimum Gasteiger partial charge on any atom is -0.439 e. The molecule has 3 aromatic rings. The Morgan fingerprint density at radius 2 is 1.93 bits per heavy atom. The van der Waals surface area contributed by atoms with Gasteiger partial charge in [-0.25, -0.2) is 4.98 Å². The van der Waals surface area contributed by atoms with Crippen LogP contribution in [0.4, 0.5) is 11.4 Å². The molecular weight excluding hydrogens is 348 g/mol. The second-order valence-corrected chi connectivity index (χ2v) is 5.50. The Kier molecular flexibility index (Phi) is 5.36. The molecule has 0 unspecified atom stereocenters. The number of nitro benzene ring substituents is 1. The molecule has 0 atom stereocenters. The van der Waals surface area contributed by atoms with E-state index >= 15 is 0 Å². The smallest absolute Gasteiger partial charge is 0.269 e. The van der Waals surface area contributed by atoms with Crippen molar-refractivity contribution in [3.63, 3.8) is 0 Å². The molecule has 0 bridgehead atoms. The van der Waals surface area contributed by atoms with Crippen LogP contribution in [0.5, 0.6) is 11.6 Å². The number of non-ortho nitro benzene ring substituents is 1. The third-order valence-electron chi connectivity index (χ3n) is 3.77. The molecule has 136 valence electrons. The number of aromatic nitrogens is 2. The van der Waals surface area contributed by atoms with E-state index in [1.165, 1.54) is 30.5 Å². The summed E-state index contributed by atoms with van der Waals surface area (Å²) in [6, 6.07) is 12.4. The quantitative estimate of drug-likeness (QED) is 0.487. The molecule has 8 heteroatoms.